The van der Waals surface area contributed by atoms with Crippen LogP contribution in [0.4, 0.5) is 0 Å². The molecule has 0 aliphatic carbocycles. The van der Waals surface area contributed by atoms with Crippen LogP contribution in [-0.4, -0.2) is 21.6 Å². The smallest absolute Gasteiger partial charge is 0.250 e. The van der Waals surface area contributed by atoms with Crippen LogP contribution in [0.3, 0.4) is 0 Å². The average molecular weight is 222 g/mol. The normalized spacial score (nSPS) is 11.8. The van der Waals surface area contributed by atoms with Gasteiger partial charge >= 0.3 is 0 Å². The average Bonchev–Trinajstić information content (AvgIpc) is 2.56. The van der Waals surface area contributed by atoms with Crippen molar-refractivity contribution in [2.45, 2.75) is 4.21 Å². The molecule has 1 heterocycles. The van der Waals surface area contributed by atoms with Crippen LogP contribution in [0.1, 0.15) is 0 Å². The van der Waals surface area contributed by atoms with Crippen LogP contribution in [0.25, 0.3) is 0 Å². The molecule has 0 spiro atoms. The Morgan fingerprint density at radius 2 is 2.38 bits per heavy atom. The van der Waals surface area contributed by atoms with Gasteiger partial charge in [-0.2, -0.15) is 0 Å². The van der Waals surface area contributed by atoms with Gasteiger partial charge in [0.25, 0.3) is 0 Å². The summed E-state index contributed by atoms with van der Waals surface area (Å²) in [4.78, 5) is 4.23. The van der Waals surface area contributed by atoms with Crippen molar-refractivity contribution >= 4 is 21.4 Å². The summed E-state index contributed by atoms with van der Waals surface area (Å²) in [7, 11) is -3.36. The minimum atomic E-state index is -3.36. The van der Waals surface area contributed by atoms with E-state index in [4.69, 9.17) is 5.90 Å². The first-order valence-corrected chi connectivity index (χ1v) is 5.88. The number of nitrogens with one attached hydrogen (secondary N) is 1. The maximum absolute atomic E-state index is 11.4. The third-order valence-electron chi connectivity index (χ3n) is 1.27. The van der Waals surface area contributed by atoms with Gasteiger partial charge in [0.2, 0.25) is 10.0 Å². The molecule has 74 valence electrons. The zero-order chi connectivity index (χ0) is 9.73. The van der Waals surface area contributed by atoms with Crippen LogP contribution in [-0.2, 0) is 14.9 Å². The number of rotatable bonds is 5. The monoisotopic (exact) mass is 222 g/mol. The minimum Gasteiger partial charge on any atom is -0.303 e. The van der Waals surface area contributed by atoms with Crippen LogP contribution in [0.5, 0.6) is 0 Å². The summed E-state index contributed by atoms with van der Waals surface area (Å²) in [6, 6.07) is 3.22. The van der Waals surface area contributed by atoms with Gasteiger partial charge in [-0.25, -0.2) is 19.0 Å². The second-order valence-corrected chi connectivity index (χ2v) is 5.14. The molecule has 13 heavy (non-hydrogen) atoms. The highest BCUT2D eigenvalue weighted by Crippen LogP contribution is 2.14. The lowest BCUT2D eigenvalue weighted by atomic mass is 10.7. The highest BCUT2D eigenvalue weighted by molar-refractivity contribution is 7.91. The van der Waals surface area contributed by atoms with Crippen LogP contribution < -0.4 is 10.6 Å². The lowest BCUT2D eigenvalue weighted by molar-refractivity contribution is 0.143. The maximum Gasteiger partial charge on any atom is 0.250 e. The zero-order valence-electron chi connectivity index (χ0n) is 6.76. The van der Waals surface area contributed by atoms with Crippen molar-refractivity contribution in [3.8, 4) is 0 Å². The summed E-state index contributed by atoms with van der Waals surface area (Å²) in [5.41, 5.74) is 0. The van der Waals surface area contributed by atoms with Crippen LogP contribution >= 0.6 is 11.3 Å². The summed E-state index contributed by atoms with van der Waals surface area (Å²) >= 11 is 1.17. The Labute approximate surface area is 80.5 Å². The summed E-state index contributed by atoms with van der Waals surface area (Å²) < 4.78 is 25.4. The van der Waals surface area contributed by atoms with Crippen LogP contribution in [0.2, 0.25) is 0 Å². The molecule has 0 saturated heterocycles. The van der Waals surface area contributed by atoms with Gasteiger partial charge in [0.05, 0.1) is 6.61 Å². The number of sulfonamides is 1. The first-order valence-electron chi connectivity index (χ1n) is 3.51. The van der Waals surface area contributed by atoms with Gasteiger partial charge < -0.3 is 4.84 Å². The van der Waals surface area contributed by atoms with Crippen molar-refractivity contribution in [2.75, 3.05) is 13.2 Å². The lowest BCUT2D eigenvalue weighted by Gasteiger charge is -2.02. The van der Waals surface area contributed by atoms with Gasteiger partial charge in [0.15, 0.2) is 0 Å². The van der Waals surface area contributed by atoms with Gasteiger partial charge in [-0.3, -0.25) is 0 Å². The van der Waals surface area contributed by atoms with Crippen LogP contribution in [0.15, 0.2) is 21.7 Å². The van der Waals surface area contributed by atoms with Gasteiger partial charge in [-0.05, 0) is 11.4 Å². The minimum absolute atomic E-state index is 0.157. The van der Waals surface area contributed by atoms with Gasteiger partial charge in [-0.1, -0.05) is 6.07 Å². The van der Waals surface area contributed by atoms with Crippen molar-refractivity contribution in [2.24, 2.45) is 5.90 Å². The summed E-state index contributed by atoms with van der Waals surface area (Å²) in [5, 5.41) is 1.70. The number of hydrogen-bond acceptors (Lipinski definition) is 5. The molecule has 0 unspecified atom stereocenters. The van der Waals surface area contributed by atoms with E-state index in [2.05, 4.69) is 9.56 Å². The molecule has 0 aliphatic heterocycles. The van der Waals surface area contributed by atoms with E-state index < -0.39 is 10.0 Å². The fourth-order valence-corrected chi connectivity index (χ4v) is 2.77. The van der Waals surface area contributed by atoms with E-state index >= 15 is 0 Å². The van der Waals surface area contributed by atoms with Crippen molar-refractivity contribution < 1.29 is 13.3 Å². The molecule has 0 aliphatic rings. The van der Waals surface area contributed by atoms with Crippen molar-refractivity contribution in [1.82, 2.24) is 4.72 Å². The van der Waals surface area contributed by atoms with Crippen molar-refractivity contribution in [3.05, 3.63) is 17.5 Å². The molecule has 0 radical (unpaired) electrons. The number of thiophene rings is 1. The van der Waals surface area contributed by atoms with Crippen molar-refractivity contribution in [3.63, 3.8) is 0 Å². The van der Waals surface area contributed by atoms with Gasteiger partial charge in [0.1, 0.15) is 4.21 Å². The third kappa shape index (κ3) is 3.05. The molecular formula is C6H10N2O3S2. The molecule has 0 saturated carbocycles. The second kappa shape index (κ2) is 4.68. The molecule has 1 aromatic rings. The standard InChI is InChI=1S/C6H10N2O3S2/c7-11-4-3-8-13(9,10)6-2-1-5-12-6/h1-2,5,8H,3-4,7H2. The topological polar surface area (TPSA) is 81.4 Å². The molecule has 5 nitrogen and oxygen atoms in total. The molecule has 1 aromatic heterocycles. The Balaban J connectivity index is 2.58. The second-order valence-electron chi connectivity index (χ2n) is 2.20. The first-order chi connectivity index (χ1) is 6.17. The molecule has 0 amide bonds. The summed E-state index contributed by atoms with van der Waals surface area (Å²) in [6.07, 6.45) is 0. The Kier molecular flexibility index (Phi) is 3.82. The largest absolute Gasteiger partial charge is 0.303 e. The Morgan fingerprint density at radius 3 is 2.92 bits per heavy atom. The highest BCUT2D eigenvalue weighted by Gasteiger charge is 2.13. The van der Waals surface area contributed by atoms with E-state index in [-0.39, 0.29) is 13.2 Å². The first kappa shape index (κ1) is 10.6. The highest BCUT2D eigenvalue weighted by atomic mass is 32.2. The molecule has 1 rings (SSSR count). The molecule has 3 N–H and O–H groups in total. The zero-order valence-corrected chi connectivity index (χ0v) is 8.40. The predicted molar refractivity (Wildman–Crippen MR) is 49.6 cm³/mol. The van der Waals surface area contributed by atoms with E-state index in [1.807, 2.05) is 0 Å². The lowest BCUT2D eigenvalue weighted by Crippen LogP contribution is -2.27. The molecule has 7 heteroatoms. The quantitative estimate of drug-likeness (QED) is 0.539. The Morgan fingerprint density at radius 1 is 1.62 bits per heavy atom. The van der Waals surface area contributed by atoms with E-state index in [9.17, 15) is 8.42 Å². The number of hydrogen-bond donors (Lipinski definition) is 2. The third-order valence-corrected chi connectivity index (χ3v) is 4.13. The van der Waals surface area contributed by atoms with Crippen LogP contribution in [0, 0.1) is 0 Å². The molecule has 0 aromatic carbocycles. The molecule has 0 atom stereocenters. The SMILES string of the molecule is NOCCNS(=O)(=O)c1cccs1. The number of nitrogens with two attached hydrogens (primary N) is 1. The van der Waals surface area contributed by atoms with Crippen molar-refractivity contribution in [1.29, 1.82) is 0 Å². The maximum atomic E-state index is 11.4. The van der Waals surface area contributed by atoms with E-state index in [0.29, 0.717) is 4.21 Å². The van der Waals surface area contributed by atoms with Gasteiger partial charge in [-0.15, -0.1) is 11.3 Å². The molecule has 0 fully saturated rings. The fourth-order valence-electron chi connectivity index (χ4n) is 0.722. The Hall–Kier alpha value is -0.470. The molecular weight excluding hydrogens is 212 g/mol. The van der Waals surface area contributed by atoms with E-state index in [1.54, 1.807) is 11.4 Å². The predicted octanol–water partition coefficient (Wildman–Crippen LogP) is -0.0833. The van der Waals surface area contributed by atoms with E-state index in [1.165, 1.54) is 17.4 Å². The summed E-state index contributed by atoms with van der Waals surface area (Å²) in [5.74, 6) is 4.74. The van der Waals surface area contributed by atoms with Gasteiger partial charge in [0, 0.05) is 6.54 Å². The fraction of sp³-hybridized carbons (Fsp3) is 0.333. The summed E-state index contributed by atoms with van der Waals surface area (Å²) in [6.45, 7) is 0.335. The molecule has 0 bridgehead atoms. The Bertz CT molecular complexity index is 333. The van der Waals surface area contributed by atoms with E-state index in [0.717, 1.165) is 0 Å².